The van der Waals surface area contributed by atoms with Crippen LogP contribution in [0.5, 0.6) is 0 Å². The van der Waals surface area contributed by atoms with Crippen molar-refractivity contribution in [2.45, 2.75) is 46.1 Å². The minimum atomic E-state index is -0.134. The molecule has 7 heteroatoms. The van der Waals surface area contributed by atoms with Crippen molar-refractivity contribution in [2.75, 3.05) is 32.7 Å². The fraction of sp³-hybridized carbons (Fsp3) is 0.579. The minimum absolute atomic E-state index is 0.134. The molecule has 0 aromatic carbocycles. The molecule has 0 amide bonds. The Morgan fingerprint density at radius 3 is 2.81 bits per heavy atom. The van der Waals surface area contributed by atoms with E-state index < -0.39 is 0 Å². The highest BCUT2D eigenvalue weighted by atomic mass is 32.1. The number of nitrogens with one attached hydrogen (secondary N) is 1. The highest BCUT2D eigenvalue weighted by Gasteiger charge is 2.13. The topological polar surface area (TPSA) is 65.4 Å². The fourth-order valence-corrected chi connectivity index (χ4v) is 3.67. The van der Waals surface area contributed by atoms with Gasteiger partial charge in [-0.25, -0.2) is 4.98 Å². The lowest BCUT2D eigenvalue weighted by Crippen LogP contribution is -2.07. The van der Waals surface area contributed by atoms with Gasteiger partial charge in [-0.3, -0.25) is 4.79 Å². The van der Waals surface area contributed by atoms with Crippen LogP contribution in [-0.4, -0.2) is 42.9 Å². The number of esters is 1. The Morgan fingerprint density at radius 2 is 2.08 bits per heavy atom. The lowest BCUT2D eigenvalue weighted by molar-refractivity contribution is -0.140. The number of hydrogen-bond acceptors (Lipinski definition) is 6. The van der Waals surface area contributed by atoms with Crippen molar-refractivity contribution in [1.82, 2.24) is 9.55 Å². The van der Waals surface area contributed by atoms with Crippen molar-refractivity contribution < 1.29 is 14.3 Å². The van der Waals surface area contributed by atoms with Gasteiger partial charge in [0.25, 0.3) is 0 Å². The molecule has 0 spiro atoms. The molecule has 2 aromatic heterocycles. The molecule has 2 heterocycles. The van der Waals surface area contributed by atoms with Crippen molar-refractivity contribution in [3.05, 3.63) is 22.8 Å². The molecule has 6 nitrogen and oxygen atoms in total. The number of unbranched alkanes of at least 4 members (excludes halogenated alkanes) is 2. The molecule has 0 fully saturated rings. The molecule has 0 saturated carbocycles. The molecule has 26 heavy (non-hydrogen) atoms. The lowest BCUT2D eigenvalue weighted by atomic mass is 10.2. The molecule has 0 aliphatic carbocycles. The summed E-state index contributed by atoms with van der Waals surface area (Å²) in [5.74, 6) is -0.134. The molecule has 0 aliphatic rings. The molecule has 2 aromatic rings. The molecule has 2 rings (SSSR count). The van der Waals surface area contributed by atoms with Crippen LogP contribution < -0.4 is 5.32 Å². The Kier molecular flexibility index (Phi) is 8.12. The van der Waals surface area contributed by atoms with Crippen molar-refractivity contribution in [2.24, 2.45) is 0 Å². The van der Waals surface area contributed by atoms with E-state index >= 15 is 0 Å². The number of hydrogen-bond donors (Lipinski definition) is 1. The first-order chi connectivity index (χ1) is 12.6. The number of anilines is 1. The van der Waals surface area contributed by atoms with E-state index in [4.69, 9.17) is 9.72 Å². The van der Waals surface area contributed by atoms with Gasteiger partial charge in [-0.15, -0.1) is 11.3 Å². The summed E-state index contributed by atoms with van der Waals surface area (Å²) in [6, 6.07) is 2.19. The molecular weight excluding hydrogens is 350 g/mol. The summed E-state index contributed by atoms with van der Waals surface area (Å²) in [4.78, 5) is 15.8. The first kappa shape index (κ1) is 20.5. The summed E-state index contributed by atoms with van der Waals surface area (Å²) in [5.41, 5.74) is 4.64. The Balaban J connectivity index is 1.85. The smallest absolute Gasteiger partial charge is 0.305 e. The van der Waals surface area contributed by atoms with Gasteiger partial charge in [0.1, 0.15) is 0 Å². The monoisotopic (exact) mass is 379 g/mol. The Hall–Kier alpha value is -1.86. The Morgan fingerprint density at radius 1 is 1.27 bits per heavy atom. The number of methoxy groups -OCH3 is 2. The third-order valence-electron chi connectivity index (χ3n) is 4.43. The van der Waals surface area contributed by atoms with Gasteiger partial charge in [0, 0.05) is 49.0 Å². The summed E-state index contributed by atoms with van der Waals surface area (Å²) in [6.07, 6.45) is 3.37. The second kappa shape index (κ2) is 10.3. The number of aromatic nitrogens is 2. The van der Waals surface area contributed by atoms with Crippen LogP contribution >= 0.6 is 11.3 Å². The van der Waals surface area contributed by atoms with Crippen LogP contribution in [0.1, 0.15) is 37.1 Å². The highest BCUT2D eigenvalue weighted by molar-refractivity contribution is 7.14. The predicted octanol–water partition coefficient (Wildman–Crippen LogP) is 4.02. The van der Waals surface area contributed by atoms with Crippen LogP contribution in [0.2, 0.25) is 0 Å². The van der Waals surface area contributed by atoms with Crippen molar-refractivity contribution in [1.29, 1.82) is 0 Å². The first-order valence-corrected chi connectivity index (χ1v) is 9.87. The van der Waals surface area contributed by atoms with Crippen LogP contribution in [-0.2, 0) is 20.8 Å². The molecule has 1 N–H and O–H groups in total. The van der Waals surface area contributed by atoms with E-state index in [0.717, 1.165) is 43.2 Å². The first-order valence-electron chi connectivity index (χ1n) is 8.99. The zero-order chi connectivity index (χ0) is 18.9. The lowest BCUT2D eigenvalue weighted by Gasteiger charge is -2.08. The van der Waals surface area contributed by atoms with Gasteiger partial charge < -0.3 is 19.4 Å². The molecular formula is C19H29N3O3S. The van der Waals surface area contributed by atoms with Crippen LogP contribution in [0.4, 0.5) is 5.13 Å². The summed E-state index contributed by atoms with van der Waals surface area (Å²) < 4.78 is 12.1. The predicted molar refractivity (Wildman–Crippen MR) is 106 cm³/mol. The third kappa shape index (κ3) is 5.57. The fourth-order valence-electron chi connectivity index (χ4n) is 2.93. The van der Waals surface area contributed by atoms with E-state index in [1.807, 2.05) is 0 Å². The van der Waals surface area contributed by atoms with Crippen LogP contribution in [0, 0.1) is 13.8 Å². The minimum Gasteiger partial charge on any atom is -0.469 e. The summed E-state index contributed by atoms with van der Waals surface area (Å²) in [7, 11) is 3.15. The van der Waals surface area contributed by atoms with E-state index in [2.05, 4.69) is 39.9 Å². The van der Waals surface area contributed by atoms with Crippen molar-refractivity contribution >= 4 is 22.4 Å². The molecule has 144 valence electrons. The maximum absolute atomic E-state index is 11.1. The zero-order valence-corrected chi connectivity index (χ0v) is 16.9. The average molecular weight is 380 g/mol. The van der Waals surface area contributed by atoms with E-state index in [1.165, 1.54) is 24.1 Å². The second-order valence-electron chi connectivity index (χ2n) is 6.28. The second-order valence-corrected chi connectivity index (χ2v) is 7.14. The standard InChI is InChI=1S/C19H29N3O3S/c1-14-12-16(15(2)22(14)10-11-24-3)17-13-26-19(21-17)20-9-7-5-6-8-18(23)25-4/h12-13H,5-11H2,1-4H3,(H,20,21). The van der Waals surface area contributed by atoms with Crippen LogP contribution in [0.15, 0.2) is 11.4 Å². The molecule has 0 bridgehead atoms. The van der Waals surface area contributed by atoms with Gasteiger partial charge in [-0.05, 0) is 32.8 Å². The number of carbonyl (C=O) groups excluding carboxylic acids is 1. The average Bonchev–Trinajstić information content (AvgIpc) is 3.20. The van der Waals surface area contributed by atoms with E-state index in [-0.39, 0.29) is 5.97 Å². The van der Waals surface area contributed by atoms with Gasteiger partial charge in [0.15, 0.2) is 5.13 Å². The number of nitrogens with zero attached hydrogens (tertiary/aromatic N) is 2. The maximum atomic E-state index is 11.1. The number of thiazole rings is 1. The summed E-state index contributed by atoms with van der Waals surface area (Å²) in [6.45, 7) is 6.67. The molecule has 0 aliphatic heterocycles. The van der Waals surface area contributed by atoms with Crippen LogP contribution in [0.3, 0.4) is 0 Å². The molecule has 0 atom stereocenters. The normalized spacial score (nSPS) is 10.9. The maximum Gasteiger partial charge on any atom is 0.305 e. The van der Waals surface area contributed by atoms with E-state index in [0.29, 0.717) is 13.0 Å². The van der Waals surface area contributed by atoms with Gasteiger partial charge >= 0.3 is 5.97 Å². The Bertz CT molecular complexity index is 709. The number of aryl methyl sites for hydroxylation is 1. The number of ether oxygens (including phenoxy) is 2. The zero-order valence-electron chi connectivity index (χ0n) is 16.1. The van der Waals surface area contributed by atoms with Crippen LogP contribution in [0.25, 0.3) is 11.3 Å². The molecule has 0 saturated heterocycles. The number of carbonyl (C=O) groups is 1. The van der Waals surface area contributed by atoms with Gasteiger partial charge in [0.2, 0.25) is 0 Å². The highest BCUT2D eigenvalue weighted by Crippen LogP contribution is 2.29. The summed E-state index contributed by atoms with van der Waals surface area (Å²) >= 11 is 1.63. The van der Waals surface area contributed by atoms with Crippen molar-refractivity contribution in [3.8, 4) is 11.3 Å². The summed E-state index contributed by atoms with van der Waals surface area (Å²) in [5, 5.41) is 6.42. The number of rotatable bonds is 11. The van der Waals surface area contributed by atoms with Gasteiger partial charge in [0.05, 0.1) is 19.4 Å². The third-order valence-corrected chi connectivity index (χ3v) is 5.23. The van der Waals surface area contributed by atoms with E-state index in [1.54, 1.807) is 18.4 Å². The molecule has 0 radical (unpaired) electrons. The van der Waals surface area contributed by atoms with Gasteiger partial charge in [-0.1, -0.05) is 6.42 Å². The van der Waals surface area contributed by atoms with Crippen molar-refractivity contribution in [3.63, 3.8) is 0 Å². The Labute approximate surface area is 159 Å². The van der Waals surface area contributed by atoms with Gasteiger partial charge in [-0.2, -0.15) is 0 Å². The SMILES string of the molecule is COCCn1c(C)cc(-c2csc(NCCCCCC(=O)OC)n2)c1C. The largest absolute Gasteiger partial charge is 0.469 e. The quantitative estimate of drug-likeness (QED) is 0.472. The van der Waals surface area contributed by atoms with E-state index in [9.17, 15) is 4.79 Å². The molecule has 0 unspecified atom stereocenters.